The molecule has 4 aliphatic rings. The van der Waals surface area contributed by atoms with Crippen LogP contribution in [0.5, 0.6) is 0 Å². The highest BCUT2D eigenvalue weighted by Gasteiger charge is 2.88. The number of carbonyl (C=O) groups is 3. The van der Waals surface area contributed by atoms with Gasteiger partial charge in [0.05, 0.1) is 18.3 Å². The van der Waals surface area contributed by atoms with Gasteiger partial charge >= 0.3 is 11.9 Å². The second kappa shape index (κ2) is 6.97. The van der Waals surface area contributed by atoms with Crippen molar-refractivity contribution in [2.45, 2.75) is 70.6 Å². The molecule has 0 aromatic heterocycles. The van der Waals surface area contributed by atoms with Crippen molar-refractivity contribution in [3.05, 3.63) is 23.3 Å². The zero-order valence-corrected chi connectivity index (χ0v) is 19.7. The molecule has 9 atom stereocenters. The molecule has 0 aromatic rings. The predicted octanol–water partition coefficient (Wildman–Crippen LogP) is 0.0425. The molecule has 9 heteroatoms. The van der Waals surface area contributed by atoms with E-state index in [1.165, 1.54) is 26.8 Å². The van der Waals surface area contributed by atoms with Crippen LogP contribution in [0.2, 0.25) is 0 Å². The van der Waals surface area contributed by atoms with E-state index in [4.69, 9.17) is 9.47 Å². The first-order chi connectivity index (χ1) is 15.1. The standard InChI is InChI=1S/C24H32O9/c1-10-7-15-22(30,19(10)29)8-14(9-25)17(28)16-18-21(5,6)24(18,33-13(4)27)20(32-12(3)26)11(2)23(15,16)31/h7-8,11,15-18,20,25,28,30-31H,9H2,1-6H3. The lowest BCUT2D eigenvalue weighted by molar-refractivity contribution is -0.239. The number of esters is 2. The topological polar surface area (TPSA) is 151 Å². The van der Waals surface area contributed by atoms with E-state index in [-0.39, 0.29) is 11.1 Å². The third-order valence-electron chi connectivity index (χ3n) is 8.69. The molecule has 182 valence electrons. The highest BCUT2D eigenvalue weighted by atomic mass is 16.6. The van der Waals surface area contributed by atoms with E-state index >= 15 is 0 Å². The Labute approximate surface area is 192 Å². The Hall–Kier alpha value is -2.07. The highest BCUT2D eigenvalue weighted by molar-refractivity contribution is 6.06. The Balaban J connectivity index is 2.01. The van der Waals surface area contributed by atoms with Gasteiger partial charge in [0.25, 0.3) is 0 Å². The Morgan fingerprint density at radius 2 is 1.76 bits per heavy atom. The zero-order chi connectivity index (χ0) is 24.9. The number of carbonyl (C=O) groups excluding carboxylic acids is 3. The molecule has 4 aliphatic carbocycles. The quantitative estimate of drug-likeness (QED) is 0.335. The smallest absolute Gasteiger partial charge is 0.303 e. The van der Waals surface area contributed by atoms with E-state index in [0.717, 1.165) is 6.08 Å². The summed E-state index contributed by atoms with van der Waals surface area (Å²) in [6.45, 7) is 8.51. The van der Waals surface area contributed by atoms with Crippen LogP contribution in [-0.4, -0.2) is 73.8 Å². The molecule has 0 aliphatic heterocycles. The first kappa shape index (κ1) is 24.1. The lowest BCUT2D eigenvalue weighted by Crippen LogP contribution is -2.67. The van der Waals surface area contributed by atoms with Crippen molar-refractivity contribution in [3.8, 4) is 0 Å². The zero-order valence-electron chi connectivity index (χ0n) is 19.7. The summed E-state index contributed by atoms with van der Waals surface area (Å²) >= 11 is 0. The molecular formula is C24H32O9. The van der Waals surface area contributed by atoms with Gasteiger partial charge in [-0.2, -0.15) is 0 Å². The fourth-order valence-corrected chi connectivity index (χ4v) is 7.31. The maximum absolute atomic E-state index is 13.0. The van der Waals surface area contributed by atoms with Crippen molar-refractivity contribution < 1.29 is 44.3 Å². The minimum Gasteiger partial charge on any atom is -0.458 e. The van der Waals surface area contributed by atoms with Crippen LogP contribution in [0.4, 0.5) is 0 Å². The first-order valence-corrected chi connectivity index (χ1v) is 11.2. The van der Waals surface area contributed by atoms with E-state index in [1.54, 1.807) is 20.8 Å². The molecule has 9 nitrogen and oxygen atoms in total. The molecule has 0 aromatic carbocycles. The van der Waals surface area contributed by atoms with Crippen molar-refractivity contribution >= 4 is 17.7 Å². The number of fused-ring (bicyclic) bond motifs is 5. The van der Waals surface area contributed by atoms with E-state index in [0.29, 0.717) is 0 Å². The summed E-state index contributed by atoms with van der Waals surface area (Å²) in [5.41, 5.74) is -6.08. The van der Waals surface area contributed by atoms with Gasteiger partial charge in [-0.3, -0.25) is 14.4 Å². The van der Waals surface area contributed by atoms with Gasteiger partial charge in [0, 0.05) is 42.9 Å². The fourth-order valence-electron chi connectivity index (χ4n) is 7.31. The highest BCUT2D eigenvalue weighted by Crippen LogP contribution is 2.77. The van der Waals surface area contributed by atoms with Crippen molar-refractivity contribution in [3.63, 3.8) is 0 Å². The van der Waals surface area contributed by atoms with E-state index in [1.807, 2.05) is 0 Å². The largest absolute Gasteiger partial charge is 0.458 e. The monoisotopic (exact) mass is 464 g/mol. The summed E-state index contributed by atoms with van der Waals surface area (Å²) in [7, 11) is 0. The number of Topliss-reactive ketones (excluding diaryl/α,β-unsaturated/α-hetero) is 1. The second-order valence-corrected chi connectivity index (χ2v) is 10.6. The lowest BCUT2D eigenvalue weighted by atomic mass is 9.58. The van der Waals surface area contributed by atoms with Crippen molar-refractivity contribution in [1.29, 1.82) is 0 Å². The average molecular weight is 465 g/mol. The third-order valence-corrected chi connectivity index (χ3v) is 8.69. The van der Waals surface area contributed by atoms with Crippen LogP contribution in [0.3, 0.4) is 0 Å². The normalized spacial score (nSPS) is 47.3. The van der Waals surface area contributed by atoms with Gasteiger partial charge in [-0.1, -0.05) is 26.8 Å². The molecule has 0 spiro atoms. The number of aliphatic hydroxyl groups is 4. The SMILES string of the molecule is CC(=O)OC1C(C)C2(O)C(C(O)C(CO)=CC3(O)C(=O)C(C)=CC32)C2C(C)(C)C12OC(C)=O. The Morgan fingerprint density at radius 1 is 1.15 bits per heavy atom. The van der Waals surface area contributed by atoms with Gasteiger partial charge < -0.3 is 29.9 Å². The Morgan fingerprint density at radius 3 is 2.27 bits per heavy atom. The molecule has 4 N–H and O–H groups in total. The molecule has 2 saturated carbocycles. The Kier molecular flexibility index (Phi) is 5.09. The minimum atomic E-state index is -2.19. The summed E-state index contributed by atoms with van der Waals surface area (Å²) < 4.78 is 11.5. The van der Waals surface area contributed by atoms with Crippen molar-refractivity contribution in [2.75, 3.05) is 6.61 Å². The Bertz CT molecular complexity index is 996. The van der Waals surface area contributed by atoms with Crippen LogP contribution >= 0.6 is 0 Å². The van der Waals surface area contributed by atoms with Gasteiger partial charge in [-0.15, -0.1) is 0 Å². The molecule has 0 heterocycles. The summed E-state index contributed by atoms with van der Waals surface area (Å²) in [6.07, 6.45) is 0.0778. The summed E-state index contributed by atoms with van der Waals surface area (Å²) in [5.74, 6) is -5.77. The fraction of sp³-hybridized carbons (Fsp3) is 0.708. The molecule has 0 radical (unpaired) electrons. The van der Waals surface area contributed by atoms with Crippen LogP contribution in [0.25, 0.3) is 0 Å². The number of rotatable bonds is 3. The van der Waals surface area contributed by atoms with Gasteiger partial charge in [0.15, 0.2) is 17.0 Å². The summed E-state index contributed by atoms with van der Waals surface area (Å²) in [6, 6.07) is 0. The number of ether oxygens (including phenoxy) is 2. The molecule has 4 rings (SSSR count). The van der Waals surface area contributed by atoms with Crippen molar-refractivity contribution in [2.24, 2.45) is 29.1 Å². The van der Waals surface area contributed by atoms with Crippen LogP contribution in [0.15, 0.2) is 23.3 Å². The van der Waals surface area contributed by atoms with Crippen LogP contribution in [0, 0.1) is 29.1 Å². The minimum absolute atomic E-state index is 0.00237. The number of ketones is 1. The first-order valence-electron chi connectivity index (χ1n) is 11.2. The van der Waals surface area contributed by atoms with E-state index in [9.17, 15) is 34.8 Å². The van der Waals surface area contributed by atoms with E-state index in [2.05, 4.69) is 0 Å². The second-order valence-electron chi connectivity index (χ2n) is 10.6. The number of aliphatic hydroxyl groups excluding tert-OH is 2. The maximum Gasteiger partial charge on any atom is 0.303 e. The van der Waals surface area contributed by atoms with E-state index < -0.39 is 82.4 Å². The molecule has 0 amide bonds. The number of hydrogen-bond donors (Lipinski definition) is 4. The molecule has 9 unspecified atom stereocenters. The van der Waals surface area contributed by atoms with Crippen LogP contribution < -0.4 is 0 Å². The molecule has 2 fully saturated rings. The lowest BCUT2D eigenvalue weighted by Gasteiger charge is -2.54. The molecule has 33 heavy (non-hydrogen) atoms. The average Bonchev–Trinajstić information content (AvgIpc) is 3.10. The molecule has 0 saturated heterocycles. The van der Waals surface area contributed by atoms with Crippen LogP contribution in [-0.2, 0) is 23.9 Å². The van der Waals surface area contributed by atoms with Gasteiger partial charge in [0.1, 0.15) is 6.10 Å². The molecule has 0 bridgehead atoms. The molecular weight excluding hydrogens is 432 g/mol. The van der Waals surface area contributed by atoms with Gasteiger partial charge in [-0.05, 0) is 24.1 Å². The summed E-state index contributed by atoms with van der Waals surface area (Å²) in [5, 5.41) is 45.4. The third kappa shape index (κ3) is 2.70. The summed E-state index contributed by atoms with van der Waals surface area (Å²) in [4.78, 5) is 37.3. The van der Waals surface area contributed by atoms with Crippen LogP contribution in [0.1, 0.15) is 41.5 Å². The van der Waals surface area contributed by atoms with Gasteiger partial charge in [0.2, 0.25) is 0 Å². The number of hydrogen-bond acceptors (Lipinski definition) is 9. The van der Waals surface area contributed by atoms with Gasteiger partial charge in [-0.25, -0.2) is 0 Å². The maximum atomic E-state index is 13.0. The van der Waals surface area contributed by atoms with Crippen molar-refractivity contribution in [1.82, 2.24) is 0 Å². The predicted molar refractivity (Wildman–Crippen MR) is 113 cm³/mol.